The Kier molecular flexibility index (Phi) is 8.16. The van der Waals surface area contributed by atoms with Gasteiger partial charge in [0.25, 0.3) is 5.91 Å². The molecule has 132 valence electrons. The number of amides is 1. The van der Waals surface area contributed by atoms with Crippen molar-refractivity contribution in [2.75, 3.05) is 20.1 Å². The summed E-state index contributed by atoms with van der Waals surface area (Å²) in [6, 6.07) is 6.31. The third kappa shape index (κ3) is 4.48. The number of hydrogen-bond donors (Lipinski definition) is 1. The first-order valence-corrected chi connectivity index (χ1v) is 8.60. The molecule has 3 rings (SSSR count). The van der Waals surface area contributed by atoms with Crippen molar-refractivity contribution in [1.29, 1.82) is 0 Å². The van der Waals surface area contributed by atoms with E-state index in [0.717, 1.165) is 48.4 Å². The minimum Gasteiger partial charge on any atom is -0.337 e. The van der Waals surface area contributed by atoms with Gasteiger partial charge in [-0.1, -0.05) is 0 Å². The Morgan fingerprint density at radius 2 is 2.12 bits per heavy atom. The van der Waals surface area contributed by atoms with Gasteiger partial charge in [0.2, 0.25) is 0 Å². The lowest BCUT2D eigenvalue weighted by Gasteiger charge is -2.32. The van der Waals surface area contributed by atoms with Crippen LogP contribution in [0.25, 0.3) is 11.3 Å². The van der Waals surface area contributed by atoms with E-state index in [2.05, 4.69) is 21.7 Å². The van der Waals surface area contributed by atoms with Crippen molar-refractivity contribution in [3.63, 3.8) is 0 Å². The van der Waals surface area contributed by atoms with Crippen molar-refractivity contribution >= 4 is 42.1 Å². The van der Waals surface area contributed by atoms with Gasteiger partial charge in [-0.05, 0) is 50.4 Å². The van der Waals surface area contributed by atoms with Gasteiger partial charge < -0.3 is 10.2 Å². The fourth-order valence-corrected chi connectivity index (χ4v) is 3.58. The summed E-state index contributed by atoms with van der Waals surface area (Å²) in [6.07, 6.45) is 2.19. The lowest BCUT2D eigenvalue weighted by atomic mass is 10.0. The van der Waals surface area contributed by atoms with E-state index in [1.165, 1.54) is 0 Å². The first kappa shape index (κ1) is 20.9. The van der Waals surface area contributed by atoms with Gasteiger partial charge in [0.1, 0.15) is 0 Å². The number of aryl methyl sites for hydroxylation is 1. The molecule has 24 heavy (non-hydrogen) atoms. The van der Waals surface area contributed by atoms with E-state index in [4.69, 9.17) is 0 Å². The second-order valence-corrected chi connectivity index (χ2v) is 6.50. The molecule has 1 aliphatic heterocycles. The molecular formula is C17H23Cl2N3OS. The van der Waals surface area contributed by atoms with Crippen molar-refractivity contribution in [3.8, 4) is 11.3 Å². The molecule has 0 spiro atoms. The van der Waals surface area contributed by atoms with E-state index >= 15 is 0 Å². The number of thiophene rings is 1. The van der Waals surface area contributed by atoms with Gasteiger partial charge >= 0.3 is 0 Å². The van der Waals surface area contributed by atoms with E-state index in [1.807, 2.05) is 36.4 Å². The number of piperidine rings is 1. The molecule has 1 N–H and O–H groups in total. The van der Waals surface area contributed by atoms with Crippen LogP contribution >= 0.6 is 36.2 Å². The summed E-state index contributed by atoms with van der Waals surface area (Å²) in [5.41, 5.74) is 3.57. The lowest BCUT2D eigenvalue weighted by Crippen LogP contribution is -2.47. The van der Waals surface area contributed by atoms with Crippen LogP contribution in [0.2, 0.25) is 0 Å². The zero-order valence-electron chi connectivity index (χ0n) is 13.8. The van der Waals surface area contributed by atoms with Crippen molar-refractivity contribution in [2.24, 2.45) is 0 Å². The average molecular weight is 388 g/mol. The molecule has 0 aromatic carbocycles. The van der Waals surface area contributed by atoms with E-state index < -0.39 is 0 Å². The molecule has 0 radical (unpaired) electrons. The molecule has 1 atom stereocenters. The van der Waals surface area contributed by atoms with Gasteiger partial charge in [-0.25, -0.2) is 0 Å². The molecule has 3 heterocycles. The molecule has 1 unspecified atom stereocenters. The van der Waals surface area contributed by atoms with Gasteiger partial charge in [0, 0.05) is 30.1 Å². The number of aromatic nitrogens is 1. The molecule has 1 aliphatic rings. The Bertz CT molecular complexity index is 664. The standard InChI is InChI=1S/C17H21N3OS.2ClH/c1-12-15(5-6-16(19-12)13-7-9-22-11-13)17(21)20-8-3-4-14(10-20)18-2;;/h5-7,9,11,14,18H,3-4,8,10H2,1-2H3;2*1H. The maximum atomic E-state index is 12.7. The van der Waals surface area contributed by atoms with Crippen molar-refractivity contribution in [1.82, 2.24) is 15.2 Å². The number of carbonyl (C=O) groups is 1. The van der Waals surface area contributed by atoms with Crippen LogP contribution in [0.1, 0.15) is 28.9 Å². The summed E-state index contributed by atoms with van der Waals surface area (Å²) in [6.45, 7) is 3.53. The molecule has 7 heteroatoms. The number of halogens is 2. The Morgan fingerprint density at radius 1 is 1.33 bits per heavy atom. The summed E-state index contributed by atoms with van der Waals surface area (Å²) in [7, 11) is 1.96. The highest BCUT2D eigenvalue weighted by Gasteiger charge is 2.24. The monoisotopic (exact) mass is 387 g/mol. The fraction of sp³-hybridized carbons (Fsp3) is 0.412. The Labute approximate surface area is 159 Å². The maximum Gasteiger partial charge on any atom is 0.255 e. The zero-order chi connectivity index (χ0) is 15.5. The largest absolute Gasteiger partial charge is 0.337 e. The van der Waals surface area contributed by atoms with Crippen molar-refractivity contribution in [2.45, 2.75) is 25.8 Å². The normalized spacial score (nSPS) is 16.9. The van der Waals surface area contributed by atoms with Crippen LogP contribution in [0, 0.1) is 6.92 Å². The van der Waals surface area contributed by atoms with Gasteiger partial charge in [0.15, 0.2) is 0 Å². The molecule has 2 aromatic heterocycles. The van der Waals surface area contributed by atoms with Crippen LogP contribution in [0.3, 0.4) is 0 Å². The number of likely N-dealkylation sites (tertiary alicyclic amines) is 1. The summed E-state index contributed by atoms with van der Waals surface area (Å²) < 4.78 is 0. The van der Waals surface area contributed by atoms with Gasteiger partial charge in [0.05, 0.1) is 17.0 Å². The summed E-state index contributed by atoms with van der Waals surface area (Å²) in [4.78, 5) is 19.3. The Balaban J connectivity index is 0.00000144. The highest BCUT2D eigenvalue weighted by molar-refractivity contribution is 7.08. The fourth-order valence-electron chi connectivity index (χ4n) is 2.93. The summed E-state index contributed by atoms with van der Waals surface area (Å²) in [5.74, 6) is 0.0989. The predicted octanol–water partition coefficient (Wildman–Crippen LogP) is 3.79. The second kappa shape index (κ2) is 9.37. The van der Waals surface area contributed by atoms with Crippen LogP contribution in [0.5, 0.6) is 0 Å². The number of rotatable bonds is 3. The summed E-state index contributed by atoms with van der Waals surface area (Å²) >= 11 is 1.65. The predicted molar refractivity (Wildman–Crippen MR) is 105 cm³/mol. The summed E-state index contributed by atoms with van der Waals surface area (Å²) in [5, 5.41) is 7.39. The highest BCUT2D eigenvalue weighted by Crippen LogP contribution is 2.22. The molecular weight excluding hydrogens is 365 g/mol. The molecule has 0 saturated carbocycles. The molecule has 1 saturated heterocycles. The van der Waals surface area contributed by atoms with Crippen molar-refractivity contribution in [3.05, 3.63) is 40.2 Å². The Morgan fingerprint density at radius 3 is 2.75 bits per heavy atom. The first-order valence-electron chi connectivity index (χ1n) is 7.66. The van der Waals surface area contributed by atoms with E-state index in [1.54, 1.807) is 11.3 Å². The van der Waals surface area contributed by atoms with Crippen LogP contribution in [0.15, 0.2) is 29.0 Å². The van der Waals surface area contributed by atoms with Crippen LogP contribution in [0.4, 0.5) is 0 Å². The lowest BCUT2D eigenvalue weighted by molar-refractivity contribution is 0.0697. The number of nitrogens with one attached hydrogen (secondary N) is 1. The molecule has 0 aliphatic carbocycles. The third-order valence-electron chi connectivity index (χ3n) is 4.25. The van der Waals surface area contributed by atoms with Gasteiger partial charge in [-0.2, -0.15) is 11.3 Å². The number of carbonyl (C=O) groups excluding carboxylic acids is 1. The SMILES string of the molecule is CNC1CCCN(C(=O)c2ccc(-c3ccsc3)nc2C)C1.Cl.Cl. The van der Waals surface area contributed by atoms with E-state index in [9.17, 15) is 4.79 Å². The minimum absolute atomic E-state index is 0. The van der Waals surface area contributed by atoms with E-state index in [-0.39, 0.29) is 30.7 Å². The molecule has 1 fully saturated rings. The number of pyridine rings is 1. The van der Waals surface area contributed by atoms with Gasteiger partial charge in [-0.15, -0.1) is 24.8 Å². The smallest absolute Gasteiger partial charge is 0.255 e. The maximum absolute atomic E-state index is 12.7. The topological polar surface area (TPSA) is 45.2 Å². The van der Waals surface area contributed by atoms with Crippen molar-refractivity contribution < 1.29 is 4.79 Å². The van der Waals surface area contributed by atoms with Crippen LogP contribution < -0.4 is 5.32 Å². The minimum atomic E-state index is 0. The zero-order valence-corrected chi connectivity index (χ0v) is 16.3. The molecule has 4 nitrogen and oxygen atoms in total. The number of hydrogen-bond acceptors (Lipinski definition) is 4. The highest BCUT2D eigenvalue weighted by atomic mass is 35.5. The van der Waals surface area contributed by atoms with Gasteiger partial charge in [-0.3, -0.25) is 9.78 Å². The number of nitrogens with zero attached hydrogens (tertiary/aromatic N) is 2. The van der Waals surface area contributed by atoms with Crippen LogP contribution in [-0.4, -0.2) is 42.0 Å². The number of likely N-dealkylation sites (N-methyl/N-ethyl adjacent to an activating group) is 1. The van der Waals surface area contributed by atoms with Crippen LogP contribution in [-0.2, 0) is 0 Å². The van der Waals surface area contributed by atoms with E-state index in [0.29, 0.717) is 6.04 Å². The second-order valence-electron chi connectivity index (χ2n) is 5.72. The first-order chi connectivity index (χ1) is 10.7. The third-order valence-corrected chi connectivity index (χ3v) is 4.93. The molecule has 2 aromatic rings. The quantitative estimate of drug-likeness (QED) is 0.870. The molecule has 0 bridgehead atoms. The average Bonchev–Trinajstić information content (AvgIpc) is 3.08. The Hall–Kier alpha value is -1.14. The molecule has 1 amide bonds.